The van der Waals surface area contributed by atoms with Gasteiger partial charge in [0.2, 0.25) is 0 Å². The number of benzene rings is 2. The van der Waals surface area contributed by atoms with E-state index in [0.717, 1.165) is 23.1 Å². The molecule has 4 nitrogen and oxygen atoms in total. The maximum Gasteiger partial charge on any atom is 0.339 e. The van der Waals surface area contributed by atoms with Crippen LogP contribution in [0.1, 0.15) is 28.8 Å². The molecule has 0 spiro atoms. The summed E-state index contributed by atoms with van der Waals surface area (Å²) in [7, 11) is 0. The maximum atomic E-state index is 12.4. The summed E-state index contributed by atoms with van der Waals surface area (Å²) in [6, 6.07) is 15.7. The third-order valence-electron chi connectivity index (χ3n) is 4.21. The topological polar surface area (TPSA) is 52.1 Å². The second-order valence-electron chi connectivity index (χ2n) is 5.65. The molecule has 2 aromatic carbocycles. The van der Waals surface area contributed by atoms with Gasteiger partial charge in [-0.3, -0.25) is 0 Å². The number of ether oxygens (including phenoxy) is 1. The second-order valence-corrected chi connectivity index (χ2v) is 6.40. The van der Waals surface area contributed by atoms with Crippen molar-refractivity contribution in [2.45, 2.75) is 18.3 Å². The van der Waals surface area contributed by atoms with E-state index in [1.54, 1.807) is 6.07 Å². The van der Waals surface area contributed by atoms with E-state index >= 15 is 0 Å². The highest BCUT2D eigenvalue weighted by Gasteiger charge is 2.45. The molecule has 0 aliphatic heterocycles. The minimum atomic E-state index is -0.293. The summed E-state index contributed by atoms with van der Waals surface area (Å²) in [6.07, 6.45) is 2.13. The van der Waals surface area contributed by atoms with Crippen molar-refractivity contribution in [2.75, 3.05) is 6.61 Å². The van der Waals surface area contributed by atoms with E-state index in [4.69, 9.17) is 4.74 Å². The molecule has 1 aliphatic carbocycles. The molecule has 1 aromatic heterocycles. The van der Waals surface area contributed by atoms with E-state index < -0.39 is 0 Å². The molecule has 0 unspecified atom stereocenters. The maximum absolute atomic E-state index is 12.4. The minimum absolute atomic E-state index is 0.0107. The number of rotatable bonds is 4. The number of hydrogen-bond donors (Lipinski definition) is 0. The van der Waals surface area contributed by atoms with Crippen LogP contribution in [-0.4, -0.2) is 22.2 Å². The Bertz CT molecular complexity index is 825. The monoisotopic (exact) mass is 310 g/mol. The lowest BCUT2D eigenvalue weighted by atomic mass is 9.97. The van der Waals surface area contributed by atoms with Crippen LogP contribution in [0.4, 0.5) is 0 Å². The summed E-state index contributed by atoms with van der Waals surface area (Å²) in [6.45, 7) is 0.429. The molecule has 0 bridgehead atoms. The lowest BCUT2D eigenvalue weighted by molar-refractivity contribution is 0.0468. The number of esters is 1. The normalized spacial score (nSPS) is 15.6. The second kappa shape index (κ2) is 5.18. The third-order valence-corrected chi connectivity index (χ3v) is 4.99. The SMILES string of the molecule is O=C(OCC1(c2ccccc2)CC1)c1cccc2nnsc12. The van der Waals surface area contributed by atoms with Crippen LogP contribution in [0.5, 0.6) is 0 Å². The molecule has 110 valence electrons. The number of carbonyl (C=O) groups is 1. The molecule has 1 aliphatic rings. The molecule has 5 heteroatoms. The van der Waals surface area contributed by atoms with Crippen molar-refractivity contribution in [1.29, 1.82) is 0 Å². The summed E-state index contributed by atoms with van der Waals surface area (Å²) >= 11 is 1.23. The standard InChI is InChI=1S/C17H14N2O2S/c20-16(13-7-4-8-14-15(13)22-19-18-14)21-11-17(9-10-17)12-5-2-1-3-6-12/h1-8H,9-11H2. The summed E-state index contributed by atoms with van der Waals surface area (Å²) < 4.78 is 10.3. The average Bonchev–Trinajstić information content (AvgIpc) is 3.21. The Hall–Kier alpha value is -2.27. The van der Waals surface area contributed by atoms with Gasteiger partial charge in [0.25, 0.3) is 0 Å². The van der Waals surface area contributed by atoms with Crippen molar-refractivity contribution >= 4 is 27.7 Å². The zero-order chi connectivity index (χ0) is 15.0. The molecule has 0 N–H and O–H groups in total. The van der Waals surface area contributed by atoms with E-state index in [0.29, 0.717) is 12.2 Å². The van der Waals surface area contributed by atoms with Gasteiger partial charge in [0.05, 0.1) is 10.3 Å². The summed E-state index contributed by atoms with van der Waals surface area (Å²) in [5.74, 6) is -0.293. The first-order valence-corrected chi connectivity index (χ1v) is 8.00. The number of fused-ring (bicyclic) bond motifs is 1. The molecule has 22 heavy (non-hydrogen) atoms. The van der Waals surface area contributed by atoms with Gasteiger partial charge in [-0.25, -0.2) is 4.79 Å². The van der Waals surface area contributed by atoms with Crippen LogP contribution in [0.25, 0.3) is 10.2 Å². The van der Waals surface area contributed by atoms with Crippen LogP contribution in [0.3, 0.4) is 0 Å². The predicted molar refractivity (Wildman–Crippen MR) is 85.1 cm³/mol. The smallest absolute Gasteiger partial charge is 0.339 e. The molecular formula is C17H14N2O2S. The Balaban J connectivity index is 1.53. The summed E-state index contributed by atoms with van der Waals surface area (Å²) in [4.78, 5) is 12.4. The van der Waals surface area contributed by atoms with Gasteiger partial charge in [-0.2, -0.15) is 0 Å². The van der Waals surface area contributed by atoms with E-state index in [2.05, 4.69) is 21.7 Å². The molecule has 1 fully saturated rings. The zero-order valence-corrected chi connectivity index (χ0v) is 12.7. The molecule has 1 saturated carbocycles. The Kier molecular flexibility index (Phi) is 3.15. The first kappa shape index (κ1) is 13.4. The summed E-state index contributed by atoms with van der Waals surface area (Å²) in [5, 5.41) is 3.99. The van der Waals surface area contributed by atoms with Gasteiger partial charge in [-0.15, -0.1) is 5.10 Å². The molecule has 0 amide bonds. The van der Waals surface area contributed by atoms with Gasteiger partial charge in [0, 0.05) is 5.41 Å². The van der Waals surface area contributed by atoms with Crippen molar-refractivity contribution in [3.63, 3.8) is 0 Å². The molecule has 4 rings (SSSR count). The largest absolute Gasteiger partial charge is 0.461 e. The zero-order valence-electron chi connectivity index (χ0n) is 11.9. The Labute approximate surface area is 131 Å². The van der Waals surface area contributed by atoms with Gasteiger partial charge in [0.1, 0.15) is 12.1 Å². The Morgan fingerprint density at radius 2 is 1.95 bits per heavy atom. The highest BCUT2D eigenvalue weighted by atomic mass is 32.1. The van der Waals surface area contributed by atoms with Crippen LogP contribution < -0.4 is 0 Å². The number of carbonyl (C=O) groups excluding carboxylic acids is 1. The molecule has 3 aromatic rings. The lowest BCUT2D eigenvalue weighted by Crippen LogP contribution is -2.18. The minimum Gasteiger partial charge on any atom is -0.461 e. The molecule has 0 atom stereocenters. The lowest BCUT2D eigenvalue weighted by Gasteiger charge is -2.15. The number of aromatic nitrogens is 2. The molecule has 0 radical (unpaired) electrons. The van der Waals surface area contributed by atoms with Crippen molar-refractivity contribution in [3.8, 4) is 0 Å². The molecular weight excluding hydrogens is 296 g/mol. The van der Waals surface area contributed by atoms with E-state index in [-0.39, 0.29) is 11.4 Å². The van der Waals surface area contributed by atoms with Crippen LogP contribution in [0.2, 0.25) is 0 Å². The van der Waals surface area contributed by atoms with Crippen LogP contribution >= 0.6 is 11.5 Å². The summed E-state index contributed by atoms with van der Waals surface area (Å²) in [5.41, 5.74) is 2.55. The first-order chi connectivity index (χ1) is 10.8. The van der Waals surface area contributed by atoms with Crippen molar-refractivity contribution in [1.82, 2.24) is 9.59 Å². The van der Waals surface area contributed by atoms with Crippen molar-refractivity contribution in [3.05, 3.63) is 59.7 Å². The van der Waals surface area contributed by atoms with E-state index in [1.165, 1.54) is 17.1 Å². The Morgan fingerprint density at radius 1 is 1.14 bits per heavy atom. The van der Waals surface area contributed by atoms with Crippen molar-refractivity contribution in [2.24, 2.45) is 0 Å². The molecule has 0 saturated heterocycles. The molecule has 1 heterocycles. The van der Waals surface area contributed by atoms with Crippen molar-refractivity contribution < 1.29 is 9.53 Å². The van der Waals surface area contributed by atoms with Gasteiger partial charge in [0.15, 0.2) is 0 Å². The highest BCUT2D eigenvalue weighted by molar-refractivity contribution is 7.13. The van der Waals surface area contributed by atoms with Crippen LogP contribution in [-0.2, 0) is 10.2 Å². The fourth-order valence-corrected chi connectivity index (χ4v) is 3.37. The number of hydrogen-bond acceptors (Lipinski definition) is 5. The van der Waals surface area contributed by atoms with Gasteiger partial charge < -0.3 is 4.74 Å². The van der Waals surface area contributed by atoms with E-state index in [9.17, 15) is 4.79 Å². The van der Waals surface area contributed by atoms with Crippen LogP contribution in [0, 0.1) is 0 Å². The van der Waals surface area contributed by atoms with Gasteiger partial charge >= 0.3 is 5.97 Å². The van der Waals surface area contributed by atoms with Gasteiger partial charge in [-0.1, -0.05) is 40.9 Å². The predicted octanol–water partition coefficient (Wildman–Crippen LogP) is 3.58. The highest BCUT2D eigenvalue weighted by Crippen LogP contribution is 2.48. The number of nitrogens with zero attached hydrogens (tertiary/aromatic N) is 2. The Morgan fingerprint density at radius 3 is 2.73 bits per heavy atom. The average molecular weight is 310 g/mol. The fourth-order valence-electron chi connectivity index (χ4n) is 2.71. The van der Waals surface area contributed by atoms with Gasteiger partial charge in [-0.05, 0) is 42.1 Å². The third kappa shape index (κ3) is 2.27. The fraction of sp³-hybridized carbons (Fsp3) is 0.235. The van der Waals surface area contributed by atoms with Crippen LogP contribution in [0.15, 0.2) is 48.5 Å². The quantitative estimate of drug-likeness (QED) is 0.691. The first-order valence-electron chi connectivity index (χ1n) is 7.22. The van der Waals surface area contributed by atoms with E-state index in [1.807, 2.05) is 30.3 Å².